The van der Waals surface area contributed by atoms with Gasteiger partial charge in [0.05, 0.1) is 11.6 Å². The summed E-state index contributed by atoms with van der Waals surface area (Å²) in [5, 5.41) is 9.55. The van der Waals surface area contributed by atoms with Crippen LogP contribution in [0.4, 0.5) is 4.79 Å². The van der Waals surface area contributed by atoms with Gasteiger partial charge in [0, 0.05) is 24.0 Å². The fourth-order valence-electron chi connectivity index (χ4n) is 3.39. The van der Waals surface area contributed by atoms with Crippen LogP contribution in [0.5, 0.6) is 0 Å². The van der Waals surface area contributed by atoms with E-state index in [0.29, 0.717) is 17.6 Å². The molecule has 0 unspecified atom stereocenters. The molecule has 132 valence electrons. The molecule has 3 amide bonds. The maximum Gasteiger partial charge on any atom is 0.315 e. The van der Waals surface area contributed by atoms with E-state index in [4.69, 9.17) is 0 Å². The number of urea groups is 1. The monoisotopic (exact) mass is 341 g/mol. The van der Waals surface area contributed by atoms with Crippen molar-refractivity contribution in [2.24, 2.45) is 5.92 Å². The number of amides is 3. The molecule has 2 heterocycles. The summed E-state index contributed by atoms with van der Waals surface area (Å²) in [6.45, 7) is 7.33. The lowest BCUT2D eigenvalue weighted by Crippen LogP contribution is -2.47. The first-order valence-electron chi connectivity index (χ1n) is 8.88. The average molecular weight is 342 g/mol. The first kappa shape index (κ1) is 18.4. The molecule has 6 heteroatoms. The zero-order chi connectivity index (χ0) is 16.9. The van der Waals surface area contributed by atoms with Crippen molar-refractivity contribution in [3.05, 3.63) is 0 Å². The minimum absolute atomic E-state index is 0.0384. The van der Waals surface area contributed by atoms with Gasteiger partial charge in [0.25, 0.3) is 0 Å². The van der Waals surface area contributed by atoms with E-state index < -0.39 is 0 Å². The lowest BCUT2D eigenvalue weighted by Gasteiger charge is -2.23. The van der Waals surface area contributed by atoms with E-state index in [0.717, 1.165) is 38.0 Å². The molecule has 0 saturated carbocycles. The fraction of sp³-hybridized carbons (Fsp3) is 0.882. The zero-order valence-corrected chi connectivity index (χ0v) is 15.4. The van der Waals surface area contributed by atoms with Gasteiger partial charge in [-0.25, -0.2) is 4.79 Å². The summed E-state index contributed by atoms with van der Waals surface area (Å²) < 4.78 is 0. The highest BCUT2D eigenvalue weighted by Crippen LogP contribution is 2.39. The second kappa shape index (κ2) is 8.27. The van der Waals surface area contributed by atoms with Crippen LogP contribution in [0.3, 0.4) is 0 Å². The largest absolute Gasteiger partial charge is 0.356 e. The number of hydrogen-bond acceptors (Lipinski definition) is 3. The molecule has 0 spiro atoms. The zero-order valence-electron chi connectivity index (χ0n) is 14.6. The smallest absolute Gasteiger partial charge is 0.315 e. The van der Waals surface area contributed by atoms with Crippen molar-refractivity contribution in [3.63, 3.8) is 0 Å². The Bertz CT molecular complexity index is 430. The summed E-state index contributed by atoms with van der Waals surface area (Å²) in [4.78, 5) is 23.3. The molecule has 3 N–H and O–H groups in total. The summed E-state index contributed by atoms with van der Waals surface area (Å²) in [5.74, 6) is 1.85. The molecule has 0 bridgehead atoms. The van der Waals surface area contributed by atoms with Gasteiger partial charge in [-0.1, -0.05) is 20.3 Å². The molecule has 2 fully saturated rings. The average Bonchev–Trinajstić information content (AvgIpc) is 2.92. The predicted octanol–water partition coefficient (Wildman–Crippen LogP) is 2.65. The maximum atomic E-state index is 11.8. The van der Waals surface area contributed by atoms with Gasteiger partial charge in [0.2, 0.25) is 5.91 Å². The van der Waals surface area contributed by atoms with Crippen LogP contribution in [0, 0.1) is 5.92 Å². The molecule has 2 saturated heterocycles. The van der Waals surface area contributed by atoms with Crippen molar-refractivity contribution in [2.75, 3.05) is 12.3 Å². The molecule has 0 radical (unpaired) electrons. The Morgan fingerprint density at radius 2 is 2.17 bits per heavy atom. The minimum Gasteiger partial charge on any atom is -0.356 e. The number of rotatable bonds is 9. The van der Waals surface area contributed by atoms with Crippen LogP contribution in [0.15, 0.2) is 0 Å². The molecule has 2 rings (SSSR count). The number of nitrogens with one attached hydrogen (secondary N) is 3. The maximum absolute atomic E-state index is 11.8. The molecule has 0 aliphatic carbocycles. The van der Waals surface area contributed by atoms with Crippen molar-refractivity contribution in [1.29, 1.82) is 0 Å². The molecule has 2 aliphatic rings. The van der Waals surface area contributed by atoms with Gasteiger partial charge < -0.3 is 16.0 Å². The second-order valence-corrected chi connectivity index (χ2v) is 8.70. The number of carbonyl (C=O) groups is 2. The van der Waals surface area contributed by atoms with E-state index in [1.54, 1.807) is 0 Å². The number of thioether (sulfide) groups is 1. The van der Waals surface area contributed by atoms with Gasteiger partial charge >= 0.3 is 6.03 Å². The van der Waals surface area contributed by atoms with E-state index in [2.05, 4.69) is 36.7 Å². The number of hydrogen-bond donors (Lipinski definition) is 3. The highest BCUT2D eigenvalue weighted by molar-refractivity contribution is 8.00. The van der Waals surface area contributed by atoms with Crippen LogP contribution in [-0.4, -0.2) is 41.1 Å². The standard InChI is InChI=1S/C17H31N3O2S/c1-12(2)7-6-10-18-14(21)9-5-4-8-13-15-17(3,11-23-13)20-16(22)19-15/h12-13,15H,4-11H2,1-3H3,(H,18,21)(H2,19,20,22)/t13-,15+,17-/m0/s1. The summed E-state index contributed by atoms with van der Waals surface area (Å²) in [6.07, 6.45) is 5.88. The third kappa shape index (κ3) is 5.30. The van der Waals surface area contributed by atoms with Gasteiger partial charge in [-0.15, -0.1) is 0 Å². The quantitative estimate of drug-likeness (QED) is 0.446. The first-order valence-corrected chi connectivity index (χ1v) is 9.92. The molecule has 5 nitrogen and oxygen atoms in total. The lowest BCUT2D eigenvalue weighted by atomic mass is 9.92. The van der Waals surface area contributed by atoms with Crippen LogP contribution in [-0.2, 0) is 4.79 Å². The van der Waals surface area contributed by atoms with Crippen LogP contribution < -0.4 is 16.0 Å². The molecule has 0 aromatic heterocycles. The Hall–Kier alpha value is -0.910. The van der Waals surface area contributed by atoms with E-state index >= 15 is 0 Å². The summed E-state index contributed by atoms with van der Waals surface area (Å²) >= 11 is 1.94. The summed E-state index contributed by atoms with van der Waals surface area (Å²) in [5.41, 5.74) is -0.0970. The molecule has 2 aliphatic heterocycles. The highest BCUT2D eigenvalue weighted by Gasteiger charge is 2.51. The molecule has 0 aromatic rings. The molecule has 0 aromatic carbocycles. The Kier molecular flexibility index (Phi) is 6.62. The highest BCUT2D eigenvalue weighted by atomic mass is 32.2. The van der Waals surface area contributed by atoms with E-state index in [1.807, 2.05) is 11.8 Å². The summed E-state index contributed by atoms with van der Waals surface area (Å²) in [7, 11) is 0. The van der Waals surface area contributed by atoms with Gasteiger partial charge in [-0.2, -0.15) is 11.8 Å². The van der Waals surface area contributed by atoms with Crippen LogP contribution in [0.1, 0.15) is 59.3 Å². The number of carbonyl (C=O) groups excluding carboxylic acids is 2. The molecular weight excluding hydrogens is 310 g/mol. The normalized spacial score (nSPS) is 29.3. The predicted molar refractivity (Wildman–Crippen MR) is 95.7 cm³/mol. The van der Waals surface area contributed by atoms with Gasteiger partial charge in [0.15, 0.2) is 0 Å². The third-order valence-electron chi connectivity index (χ3n) is 4.76. The Morgan fingerprint density at radius 3 is 2.91 bits per heavy atom. The van der Waals surface area contributed by atoms with Crippen LogP contribution in [0.25, 0.3) is 0 Å². The Labute approximate surface area is 144 Å². The van der Waals surface area contributed by atoms with Crippen molar-refractivity contribution >= 4 is 23.7 Å². The fourth-order valence-corrected chi connectivity index (χ4v) is 5.09. The van der Waals surface area contributed by atoms with E-state index in [9.17, 15) is 9.59 Å². The second-order valence-electron chi connectivity index (χ2n) is 7.47. The molecule has 23 heavy (non-hydrogen) atoms. The Balaban J connectivity index is 1.56. The lowest BCUT2D eigenvalue weighted by molar-refractivity contribution is -0.121. The minimum atomic E-state index is -0.0970. The number of fused-ring (bicyclic) bond motifs is 1. The van der Waals surface area contributed by atoms with Crippen molar-refractivity contribution in [3.8, 4) is 0 Å². The SMILES string of the molecule is CC(C)CCCNC(=O)CCCC[C@@H]1SC[C@]2(C)NC(=O)N[C@H]12. The van der Waals surface area contributed by atoms with Crippen LogP contribution in [0.2, 0.25) is 0 Å². The van der Waals surface area contributed by atoms with Gasteiger partial charge in [-0.05, 0) is 38.5 Å². The molecular formula is C17H31N3O2S. The van der Waals surface area contributed by atoms with Crippen molar-refractivity contribution < 1.29 is 9.59 Å². The van der Waals surface area contributed by atoms with Crippen molar-refractivity contribution in [1.82, 2.24) is 16.0 Å². The van der Waals surface area contributed by atoms with E-state index in [-0.39, 0.29) is 23.5 Å². The summed E-state index contributed by atoms with van der Waals surface area (Å²) in [6, 6.07) is 0.188. The first-order chi connectivity index (χ1) is 10.9. The van der Waals surface area contributed by atoms with Crippen molar-refractivity contribution in [2.45, 2.75) is 76.1 Å². The number of unbranched alkanes of at least 4 members (excludes halogenated alkanes) is 1. The Morgan fingerprint density at radius 1 is 1.39 bits per heavy atom. The van der Waals surface area contributed by atoms with Gasteiger partial charge in [0.1, 0.15) is 0 Å². The third-order valence-corrected chi connectivity index (χ3v) is 6.47. The van der Waals surface area contributed by atoms with E-state index in [1.165, 1.54) is 6.42 Å². The molecule has 3 atom stereocenters. The van der Waals surface area contributed by atoms with Crippen LogP contribution >= 0.6 is 11.8 Å². The topological polar surface area (TPSA) is 70.2 Å². The van der Waals surface area contributed by atoms with Gasteiger partial charge in [-0.3, -0.25) is 4.79 Å².